The molecule has 2 aliphatic rings. The molecule has 1 saturated carbocycles. The van der Waals surface area contributed by atoms with Gasteiger partial charge in [-0.25, -0.2) is 9.37 Å². The van der Waals surface area contributed by atoms with E-state index in [0.717, 1.165) is 43.5 Å². The van der Waals surface area contributed by atoms with Crippen LogP contribution in [0.15, 0.2) is 30.5 Å². The molecule has 1 amide bonds. The van der Waals surface area contributed by atoms with Crippen molar-refractivity contribution in [2.45, 2.75) is 70.1 Å². The van der Waals surface area contributed by atoms with Gasteiger partial charge in [0.2, 0.25) is 0 Å². The second-order valence-electron chi connectivity index (χ2n) is 8.57. The second kappa shape index (κ2) is 8.66. The highest BCUT2D eigenvalue weighted by atomic mass is 19.1. The molecule has 29 heavy (non-hydrogen) atoms. The minimum Gasteiger partial charge on any atom is -0.336 e. The lowest BCUT2D eigenvalue weighted by Gasteiger charge is -2.34. The van der Waals surface area contributed by atoms with Gasteiger partial charge in [0, 0.05) is 26.2 Å². The van der Waals surface area contributed by atoms with E-state index in [-0.39, 0.29) is 17.8 Å². The smallest absolute Gasteiger partial charge is 0.289 e. The fourth-order valence-corrected chi connectivity index (χ4v) is 4.92. The number of hydrogen-bond acceptors (Lipinski definition) is 3. The molecule has 1 aromatic heterocycles. The maximum Gasteiger partial charge on any atom is 0.289 e. The topological polar surface area (TPSA) is 41.4 Å². The Morgan fingerprint density at radius 3 is 2.72 bits per heavy atom. The summed E-state index contributed by atoms with van der Waals surface area (Å²) in [6, 6.07) is 7.28. The van der Waals surface area contributed by atoms with Crippen LogP contribution >= 0.6 is 0 Å². The van der Waals surface area contributed by atoms with Crippen LogP contribution in [0, 0.1) is 5.82 Å². The molecule has 1 aromatic carbocycles. The average molecular weight is 399 g/mol. The number of fused-ring (bicyclic) bond motifs is 1. The molecule has 4 rings (SSSR count). The maximum absolute atomic E-state index is 13.5. The minimum atomic E-state index is -0.205. The number of carbonyl (C=O) groups excluding carboxylic acids is 1. The van der Waals surface area contributed by atoms with Crippen molar-refractivity contribution >= 4 is 5.91 Å². The molecule has 0 bridgehead atoms. The van der Waals surface area contributed by atoms with E-state index in [1.54, 1.807) is 12.1 Å². The number of carbonyl (C=O) groups is 1. The third-order valence-corrected chi connectivity index (χ3v) is 6.57. The van der Waals surface area contributed by atoms with Crippen molar-refractivity contribution in [3.63, 3.8) is 0 Å². The molecule has 1 aliphatic carbocycles. The van der Waals surface area contributed by atoms with Gasteiger partial charge in [0.1, 0.15) is 5.82 Å². The minimum absolute atomic E-state index is 0.0385. The third kappa shape index (κ3) is 4.22. The lowest BCUT2D eigenvalue weighted by atomic mass is 9.94. The van der Waals surface area contributed by atoms with Crippen molar-refractivity contribution in [3.8, 4) is 0 Å². The molecule has 0 saturated heterocycles. The number of amides is 1. The molecule has 156 valence electrons. The summed E-state index contributed by atoms with van der Waals surface area (Å²) in [7, 11) is 3.99. The van der Waals surface area contributed by atoms with Crippen molar-refractivity contribution in [2.75, 3.05) is 14.1 Å². The summed E-state index contributed by atoms with van der Waals surface area (Å²) in [4.78, 5) is 21.9. The predicted molar refractivity (Wildman–Crippen MR) is 111 cm³/mol. The average Bonchev–Trinajstić information content (AvgIpc) is 3.17. The highest BCUT2D eigenvalue weighted by molar-refractivity contribution is 5.91. The summed E-state index contributed by atoms with van der Waals surface area (Å²) in [5.41, 5.74) is 2.05. The lowest BCUT2D eigenvalue weighted by Crippen LogP contribution is -2.40. The van der Waals surface area contributed by atoms with Crippen LogP contribution in [0.2, 0.25) is 0 Å². The third-order valence-electron chi connectivity index (χ3n) is 6.57. The normalized spacial score (nSPS) is 19.9. The Morgan fingerprint density at radius 1 is 1.17 bits per heavy atom. The SMILES string of the molecule is CN(Cc1cccc(F)c1)C1CCCn2c1cnc2C(=O)N(C)C1CCCCC1. The van der Waals surface area contributed by atoms with Crippen LogP contribution in [-0.2, 0) is 13.1 Å². The zero-order valence-corrected chi connectivity index (χ0v) is 17.5. The van der Waals surface area contributed by atoms with Gasteiger partial charge in [0.05, 0.1) is 17.9 Å². The van der Waals surface area contributed by atoms with Crippen molar-refractivity contribution < 1.29 is 9.18 Å². The van der Waals surface area contributed by atoms with E-state index < -0.39 is 0 Å². The van der Waals surface area contributed by atoms with E-state index in [4.69, 9.17) is 0 Å². The number of halogens is 1. The first-order valence-corrected chi connectivity index (χ1v) is 10.8. The van der Waals surface area contributed by atoms with Gasteiger partial charge < -0.3 is 9.47 Å². The fraction of sp³-hybridized carbons (Fsp3) is 0.565. The summed E-state index contributed by atoms with van der Waals surface area (Å²) in [6.45, 7) is 1.50. The number of benzene rings is 1. The van der Waals surface area contributed by atoms with E-state index in [1.165, 1.54) is 25.3 Å². The fourth-order valence-electron chi connectivity index (χ4n) is 4.92. The zero-order chi connectivity index (χ0) is 20.4. The van der Waals surface area contributed by atoms with E-state index in [2.05, 4.69) is 21.5 Å². The summed E-state index contributed by atoms with van der Waals surface area (Å²) in [6.07, 6.45) is 9.76. The van der Waals surface area contributed by atoms with Crippen molar-refractivity contribution in [3.05, 3.63) is 53.4 Å². The first-order chi connectivity index (χ1) is 14.0. The van der Waals surface area contributed by atoms with Crippen molar-refractivity contribution in [1.29, 1.82) is 0 Å². The Bertz CT molecular complexity index is 858. The molecule has 1 aliphatic heterocycles. The van der Waals surface area contributed by atoms with Crippen LogP contribution in [0.1, 0.15) is 72.9 Å². The highest BCUT2D eigenvalue weighted by Gasteiger charge is 2.31. The molecular weight excluding hydrogens is 367 g/mol. The molecular formula is C23H31FN4O. The summed E-state index contributed by atoms with van der Waals surface area (Å²) >= 11 is 0. The van der Waals surface area contributed by atoms with Gasteiger partial charge in [0.15, 0.2) is 5.82 Å². The van der Waals surface area contributed by atoms with Crippen LogP contribution < -0.4 is 0 Å². The molecule has 1 unspecified atom stereocenters. The number of imidazole rings is 1. The largest absolute Gasteiger partial charge is 0.336 e. The van der Waals surface area contributed by atoms with Crippen LogP contribution in [0.3, 0.4) is 0 Å². The van der Waals surface area contributed by atoms with Gasteiger partial charge in [-0.3, -0.25) is 9.69 Å². The predicted octanol–water partition coefficient (Wildman–Crippen LogP) is 4.39. The standard InChI is InChI=1S/C23H31FN4O/c1-26(16-17-8-6-9-18(24)14-17)20-12-7-13-28-21(20)15-25-22(28)23(29)27(2)19-10-4-3-5-11-19/h6,8-9,14-15,19-20H,3-5,7,10-13,16H2,1-2H3. The number of aromatic nitrogens is 2. The van der Waals surface area contributed by atoms with Gasteiger partial charge in [0.25, 0.3) is 5.91 Å². The molecule has 0 radical (unpaired) electrons. The molecule has 1 fully saturated rings. The summed E-state index contributed by atoms with van der Waals surface area (Å²) in [5.74, 6) is 0.400. The molecule has 0 N–H and O–H groups in total. The molecule has 5 nitrogen and oxygen atoms in total. The second-order valence-corrected chi connectivity index (χ2v) is 8.57. The van der Waals surface area contributed by atoms with Crippen LogP contribution in [0.5, 0.6) is 0 Å². The van der Waals surface area contributed by atoms with E-state index in [1.807, 2.05) is 24.2 Å². The van der Waals surface area contributed by atoms with E-state index >= 15 is 0 Å². The van der Waals surface area contributed by atoms with E-state index in [9.17, 15) is 9.18 Å². The Kier molecular flexibility index (Phi) is 5.99. The first-order valence-electron chi connectivity index (χ1n) is 10.8. The Balaban J connectivity index is 1.51. The maximum atomic E-state index is 13.5. The van der Waals surface area contributed by atoms with Gasteiger partial charge in [-0.05, 0) is 50.4 Å². The van der Waals surface area contributed by atoms with Gasteiger partial charge in [-0.1, -0.05) is 31.4 Å². The Labute approximate surface area is 172 Å². The zero-order valence-electron chi connectivity index (χ0n) is 17.5. The number of nitrogens with zero attached hydrogens (tertiary/aromatic N) is 4. The molecule has 2 heterocycles. The monoisotopic (exact) mass is 398 g/mol. The van der Waals surface area contributed by atoms with Gasteiger partial charge in [-0.15, -0.1) is 0 Å². The molecule has 2 aromatic rings. The quantitative estimate of drug-likeness (QED) is 0.750. The van der Waals surface area contributed by atoms with Crippen LogP contribution in [0.25, 0.3) is 0 Å². The van der Waals surface area contributed by atoms with Crippen LogP contribution in [-0.4, -0.2) is 45.4 Å². The molecule has 1 atom stereocenters. The number of rotatable bonds is 5. The summed E-state index contributed by atoms with van der Waals surface area (Å²) < 4.78 is 15.7. The Morgan fingerprint density at radius 2 is 1.97 bits per heavy atom. The lowest BCUT2D eigenvalue weighted by molar-refractivity contribution is 0.0675. The molecule has 6 heteroatoms. The Hall–Kier alpha value is -2.21. The first kappa shape index (κ1) is 20.1. The number of hydrogen-bond donors (Lipinski definition) is 0. The van der Waals surface area contributed by atoms with Crippen molar-refractivity contribution in [1.82, 2.24) is 19.4 Å². The van der Waals surface area contributed by atoms with E-state index in [0.29, 0.717) is 18.4 Å². The highest BCUT2D eigenvalue weighted by Crippen LogP contribution is 2.32. The molecule has 0 spiro atoms. The van der Waals surface area contributed by atoms with Gasteiger partial charge >= 0.3 is 0 Å². The van der Waals surface area contributed by atoms with Gasteiger partial charge in [-0.2, -0.15) is 0 Å². The summed E-state index contributed by atoms with van der Waals surface area (Å²) in [5, 5.41) is 0. The van der Waals surface area contributed by atoms with Crippen LogP contribution in [0.4, 0.5) is 4.39 Å². The van der Waals surface area contributed by atoms with Crippen molar-refractivity contribution in [2.24, 2.45) is 0 Å².